The molecular weight excluding hydrogens is 294 g/mol. The Balaban J connectivity index is 1.61. The monoisotopic (exact) mass is 313 g/mol. The molecule has 0 unspecified atom stereocenters. The summed E-state index contributed by atoms with van der Waals surface area (Å²) in [5, 5.41) is 7.88. The van der Waals surface area contributed by atoms with Crippen molar-refractivity contribution in [1.82, 2.24) is 20.2 Å². The molecule has 0 radical (unpaired) electrons. The number of piperazine rings is 1. The molecule has 4 rings (SSSR count). The third-order valence-corrected chi connectivity index (χ3v) is 5.10. The molecule has 0 atom stereocenters. The average molecular weight is 313 g/mol. The number of anilines is 2. The molecule has 2 aliphatic rings. The van der Waals surface area contributed by atoms with Gasteiger partial charge in [-0.05, 0) is 19.1 Å². The van der Waals surface area contributed by atoms with E-state index < -0.39 is 0 Å². The Morgan fingerprint density at radius 2 is 2.00 bits per heavy atom. The molecule has 3 heterocycles. The van der Waals surface area contributed by atoms with Gasteiger partial charge in [-0.3, -0.25) is 4.90 Å². The molecule has 5 nitrogen and oxygen atoms in total. The van der Waals surface area contributed by atoms with Crippen molar-refractivity contribution in [3.8, 4) is 0 Å². The van der Waals surface area contributed by atoms with Crippen molar-refractivity contribution in [1.29, 1.82) is 0 Å². The number of rotatable bonds is 2. The van der Waals surface area contributed by atoms with Gasteiger partial charge in [0.15, 0.2) is 0 Å². The van der Waals surface area contributed by atoms with Crippen LogP contribution in [0.15, 0.2) is 34.2 Å². The number of nitrogens with one attached hydrogen (secondary N) is 2. The van der Waals surface area contributed by atoms with Gasteiger partial charge in [-0.25, -0.2) is 9.97 Å². The van der Waals surface area contributed by atoms with Crippen LogP contribution in [0.4, 0.5) is 11.4 Å². The zero-order chi connectivity index (χ0) is 14.9. The van der Waals surface area contributed by atoms with E-state index in [2.05, 4.69) is 40.7 Å². The highest BCUT2D eigenvalue weighted by Crippen LogP contribution is 2.43. The van der Waals surface area contributed by atoms with Gasteiger partial charge in [0.25, 0.3) is 0 Å². The second-order valence-corrected chi connectivity index (χ2v) is 6.69. The second-order valence-electron chi connectivity index (χ2n) is 5.65. The molecular formula is C16H19N5S. The van der Waals surface area contributed by atoms with Gasteiger partial charge < -0.3 is 10.6 Å². The zero-order valence-corrected chi connectivity index (χ0v) is 13.4. The fraction of sp³-hybridized carbons (Fsp3) is 0.375. The lowest BCUT2D eigenvalue weighted by atomic mass is 10.2. The van der Waals surface area contributed by atoms with Gasteiger partial charge in [-0.1, -0.05) is 23.9 Å². The molecule has 0 spiro atoms. The highest BCUT2D eigenvalue weighted by Gasteiger charge is 2.21. The van der Waals surface area contributed by atoms with Gasteiger partial charge in [-0.2, -0.15) is 0 Å². The zero-order valence-electron chi connectivity index (χ0n) is 12.6. The summed E-state index contributed by atoms with van der Waals surface area (Å²) in [7, 11) is 0. The van der Waals surface area contributed by atoms with Gasteiger partial charge in [0.05, 0.1) is 23.6 Å². The number of benzene rings is 1. The number of aromatic nitrogens is 2. The van der Waals surface area contributed by atoms with Crippen LogP contribution in [-0.2, 0) is 6.54 Å². The lowest BCUT2D eigenvalue weighted by Gasteiger charge is -2.27. The van der Waals surface area contributed by atoms with E-state index in [1.54, 1.807) is 11.8 Å². The van der Waals surface area contributed by atoms with Crippen LogP contribution in [0.1, 0.15) is 11.5 Å². The van der Waals surface area contributed by atoms with E-state index >= 15 is 0 Å². The second kappa shape index (κ2) is 5.87. The van der Waals surface area contributed by atoms with Crippen LogP contribution in [0, 0.1) is 6.92 Å². The van der Waals surface area contributed by atoms with E-state index in [9.17, 15) is 0 Å². The topological polar surface area (TPSA) is 53.1 Å². The first-order valence-corrected chi connectivity index (χ1v) is 8.46. The lowest BCUT2D eigenvalue weighted by molar-refractivity contribution is 0.227. The molecule has 2 aliphatic heterocycles. The summed E-state index contributed by atoms with van der Waals surface area (Å²) in [6.07, 6.45) is 0. The van der Waals surface area contributed by atoms with Crippen LogP contribution in [0.5, 0.6) is 0 Å². The normalized spacial score (nSPS) is 17.5. The molecule has 0 amide bonds. The molecule has 1 aromatic heterocycles. The Bertz CT molecular complexity index is 697. The summed E-state index contributed by atoms with van der Waals surface area (Å²) in [6, 6.07) is 8.34. The van der Waals surface area contributed by atoms with Gasteiger partial charge in [0.2, 0.25) is 0 Å². The number of para-hydroxylation sites is 1. The molecule has 0 saturated carbocycles. The van der Waals surface area contributed by atoms with E-state index in [4.69, 9.17) is 9.97 Å². The Kier molecular flexibility index (Phi) is 3.73. The largest absolute Gasteiger partial charge is 0.351 e. The fourth-order valence-electron chi connectivity index (χ4n) is 2.86. The lowest BCUT2D eigenvalue weighted by Crippen LogP contribution is -2.43. The van der Waals surface area contributed by atoms with Gasteiger partial charge in [-0.15, -0.1) is 0 Å². The van der Waals surface area contributed by atoms with Gasteiger partial charge in [0, 0.05) is 31.1 Å². The van der Waals surface area contributed by atoms with Crippen LogP contribution < -0.4 is 10.6 Å². The van der Waals surface area contributed by atoms with Crippen molar-refractivity contribution in [3.63, 3.8) is 0 Å². The predicted molar refractivity (Wildman–Crippen MR) is 88.8 cm³/mol. The van der Waals surface area contributed by atoms with E-state index in [1.165, 1.54) is 4.90 Å². The van der Waals surface area contributed by atoms with Crippen molar-refractivity contribution < 1.29 is 0 Å². The molecule has 2 aromatic rings. The third-order valence-electron chi connectivity index (χ3n) is 4.03. The van der Waals surface area contributed by atoms with Crippen LogP contribution in [0.3, 0.4) is 0 Å². The molecule has 1 fully saturated rings. The van der Waals surface area contributed by atoms with Gasteiger partial charge in [0.1, 0.15) is 10.9 Å². The first kappa shape index (κ1) is 14.0. The summed E-state index contributed by atoms with van der Waals surface area (Å²) < 4.78 is 0. The molecule has 0 bridgehead atoms. The average Bonchev–Trinajstić information content (AvgIpc) is 2.54. The number of nitrogens with zero attached hydrogens (tertiary/aromatic N) is 3. The fourth-order valence-corrected chi connectivity index (χ4v) is 3.89. The number of fused-ring (bicyclic) bond motifs is 2. The minimum atomic E-state index is 0.831. The maximum Gasteiger partial charge on any atom is 0.144 e. The molecule has 0 aliphatic carbocycles. The maximum atomic E-state index is 4.79. The SMILES string of the molecule is Cc1nc(CN2CCNCC2)nc2c1Nc1ccccc1S2. The number of hydrogen-bond donors (Lipinski definition) is 2. The summed E-state index contributed by atoms with van der Waals surface area (Å²) >= 11 is 1.73. The van der Waals surface area contributed by atoms with Crippen molar-refractivity contribution in [2.75, 3.05) is 31.5 Å². The molecule has 1 saturated heterocycles. The summed E-state index contributed by atoms with van der Waals surface area (Å²) in [5.74, 6) is 0.923. The predicted octanol–water partition coefficient (Wildman–Crippen LogP) is 2.40. The van der Waals surface area contributed by atoms with Crippen LogP contribution >= 0.6 is 11.8 Å². The molecule has 22 heavy (non-hydrogen) atoms. The summed E-state index contributed by atoms with van der Waals surface area (Å²) in [4.78, 5) is 13.1. The molecule has 114 valence electrons. The quantitative estimate of drug-likeness (QED) is 0.709. The van der Waals surface area contributed by atoms with Crippen molar-refractivity contribution in [3.05, 3.63) is 35.8 Å². The molecule has 6 heteroatoms. The Hall–Kier alpha value is -1.63. The minimum absolute atomic E-state index is 0.831. The van der Waals surface area contributed by atoms with Gasteiger partial charge >= 0.3 is 0 Å². The number of hydrogen-bond acceptors (Lipinski definition) is 6. The first-order valence-electron chi connectivity index (χ1n) is 7.64. The highest BCUT2D eigenvalue weighted by molar-refractivity contribution is 7.99. The third kappa shape index (κ3) is 2.69. The van der Waals surface area contributed by atoms with Crippen molar-refractivity contribution >= 4 is 23.1 Å². The Morgan fingerprint density at radius 1 is 1.18 bits per heavy atom. The van der Waals surface area contributed by atoms with Crippen LogP contribution in [-0.4, -0.2) is 41.0 Å². The number of aryl methyl sites for hydroxylation is 1. The van der Waals surface area contributed by atoms with Crippen molar-refractivity contribution in [2.45, 2.75) is 23.4 Å². The Morgan fingerprint density at radius 3 is 2.86 bits per heavy atom. The smallest absolute Gasteiger partial charge is 0.144 e. The standard InChI is InChI=1S/C16H19N5S/c1-11-15-16(22-13-5-3-2-4-12(13)19-15)20-14(18-11)10-21-8-6-17-7-9-21/h2-5,17,19H,6-10H2,1H3. The maximum absolute atomic E-state index is 4.79. The highest BCUT2D eigenvalue weighted by atomic mass is 32.2. The van der Waals surface area contributed by atoms with E-state index in [0.29, 0.717) is 0 Å². The van der Waals surface area contributed by atoms with Crippen molar-refractivity contribution in [2.24, 2.45) is 0 Å². The van der Waals surface area contributed by atoms with E-state index in [-0.39, 0.29) is 0 Å². The molecule has 1 aromatic carbocycles. The minimum Gasteiger partial charge on any atom is -0.351 e. The summed E-state index contributed by atoms with van der Waals surface area (Å²) in [5.41, 5.74) is 3.21. The van der Waals surface area contributed by atoms with E-state index in [1.807, 2.05) is 6.07 Å². The van der Waals surface area contributed by atoms with Crippen LogP contribution in [0.2, 0.25) is 0 Å². The Labute approximate surface area is 134 Å². The molecule has 2 N–H and O–H groups in total. The van der Waals surface area contributed by atoms with Crippen LogP contribution in [0.25, 0.3) is 0 Å². The summed E-state index contributed by atoms with van der Waals surface area (Å²) in [6.45, 7) is 7.11. The first-order chi connectivity index (χ1) is 10.8. The van der Waals surface area contributed by atoms with E-state index in [0.717, 1.165) is 60.6 Å².